The Labute approximate surface area is 205 Å². The molecule has 0 radical (unpaired) electrons. The zero-order valence-electron chi connectivity index (χ0n) is 15.0. The fraction of sp³-hybridized carbons (Fsp3) is 0.250. The Morgan fingerprint density at radius 3 is 1.43 bits per heavy atom. The standard InChI is InChI=1S/C16H14Cl4O6S.Na/c1-9(23-15-5-3-11(17)7-13(15)19)25-27(21,22)26-10(2)24-16-6-4-12(18)8-14(16)20;/h3-10H,1-2H3;/q;+1. The molecule has 0 aromatic heterocycles. The first kappa shape index (κ1) is 26.1. The molecule has 2 rings (SSSR count). The van der Waals surface area contributed by atoms with Gasteiger partial charge >= 0.3 is 40.0 Å². The van der Waals surface area contributed by atoms with E-state index in [-0.39, 0.29) is 51.1 Å². The molecular weight excluding hydrogens is 485 g/mol. The van der Waals surface area contributed by atoms with E-state index < -0.39 is 23.0 Å². The zero-order valence-corrected chi connectivity index (χ0v) is 20.8. The number of ether oxygens (including phenoxy) is 2. The van der Waals surface area contributed by atoms with Crippen LogP contribution in [0.3, 0.4) is 0 Å². The summed E-state index contributed by atoms with van der Waals surface area (Å²) in [5.41, 5.74) is 0. The van der Waals surface area contributed by atoms with Crippen molar-refractivity contribution in [3.05, 3.63) is 56.5 Å². The van der Waals surface area contributed by atoms with Crippen molar-refractivity contribution in [3.63, 3.8) is 0 Å². The van der Waals surface area contributed by atoms with E-state index in [1.165, 1.54) is 50.2 Å². The molecule has 2 aromatic carbocycles. The molecule has 0 bridgehead atoms. The SMILES string of the molecule is CC(Oc1ccc(Cl)cc1Cl)OS(=O)(=O)OC(C)Oc1ccc(Cl)cc1Cl.[Na+]. The van der Waals surface area contributed by atoms with Gasteiger partial charge in [0.1, 0.15) is 11.5 Å². The topological polar surface area (TPSA) is 71.1 Å². The second-order valence-corrected chi connectivity index (χ2v) is 8.01. The summed E-state index contributed by atoms with van der Waals surface area (Å²) < 4.78 is 44.2. The minimum Gasteiger partial charge on any atom is -0.462 e. The third kappa shape index (κ3) is 8.44. The van der Waals surface area contributed by atoms with Crippen LogP contribution in [0.15, 0.2) is 36.4 Å². The van der Waals surface area contributed by atoms with Crippen LogP contribution < -0.4 is 39.0 Å². The van der Waals surface area contributed by atoms with Crippen LogP contribution in [0.2, 0.25) is 20.1 Å². The van der Waals surface area contributed by atoms with Gasteiger partial charge in [-0.05, 0) is 50.2 Å². The minimum atomic E-state index is -4.45. The van der Waals surface area contributed by atoms with Crippen molar-refractivity contribution in [1.29, 1.82) is 0 Å². The van der Waals surface area contributed by atoms with Crippen molar-refractivity contribution in [2.45, 2.75) is 26.4 Å². The molecule has 2 unspecified atom stereocenters. The minimum absolute atomic E-state index is 0. The molecule has 12 heteroatoms. The molecule has 0 N–H and O–H groups in total. The van der Waals surface area contributed by atoms with Crippen molar-refractivity contribution in [1.82, 2.24) is 0 Å². The Bertz CT molecular complexity index is 845. The van der Waals surface area contributed by atoms with Crippen LogP contribution in [-0.4, -0.2) is 21.0 Å². The van der Waals surface area contributed by atoms with Gasteiger partial charge in [-0.3, -0.25) is 0 Å². The summed E-state index contributed by atoms with van der Waals surface area (Å²) in [6.07, 6.45) is -2.44. The van der Waals surface area contributed by atoms with Crippen molar-refractivity contribution < 1.29 is 55.8 Å². The molecular formula is C16H14Cl4NaO6S+. The largest absolute Gasteiger partial charge is 1.00 e. The van der Waals surface area contributed by atoms with Crippen LogP contribution >= 0.6 is 46.4 Å². The molecule has 2 atom stereocenters. The monoisotopic (exact) mass is 497 g/mol. The normalized spacial score (nSPS) is 13.4. The first-order chi connectivity index (χ1) is 12.6. The molecule has 0 aliphatic rings. The molecule has 2 aromatic rings. The first-order valence-corrected chi connectivity index (χ1v) is 10.2. The summed E-state index contributed by atoms with van der Waals surface area (Å²) in [4.78, 5) is 0. The van der Waals surface area contributed by atoms with Crippen molar-refractivity contribution in [2.24, 2.45) is 0 Å². The predicted octanol–water partition coefficient (Wildman–Crippen LogP) is 2.73. The van der Waals surface area contributed by atoms with Gasteiger partial charge in [-0.15, -0.1) is 0 Å². The van der Waals surface area contributed by atoms with Gasteiger partial charge in [-0.25, -0.2) is 8.37 Å². The summed E-state index contributed by atoms with van der Waals surface area (Å²) >= 11 is 23.5. The van der Waals surface area contributed by atoms with Crippen LogP contribution in [0, 0.1) is 0 Å². The van der Waals surface area contributed by atoms with Crippen LogP contribution in [-0.2, 0) is 18.8 Å². The average Bonchev–Trinajstić information content (AvgIpc) is 2.51. The summed E-state index contributed by atoms with van der Waals surface area (Å²) in [6, 6.07) is 8.92. The van der Waals surface area contributed by atoms with Gasteiger partial charge < -0.3 is 9.47 Å². The molecule has 0 saturated carbocycles. The van der Waals surface area contributed by atoms with Gasteiger partial charge in [0.2, 0.25) is 12.6 Å². The number of hydrogen-bond donors (Lipinski definition) is 0. The Morgan fingerprint density at radius 2 is 1.11 bits per heavy atom. The first-order valence-electron chi connectivity index (χ1n) is 7.40. The number of benzene rings is 2. The van der Waals surface area contributed by atoms with Crippen LogP contribution in [0.5, 0.6) is 11.5 Å². The zero-order chi connectivity index (χ0) is 20.2. The van der Waals surface area contributed by atoms with Crippen molar-refractivity contribution in [3.8, 4) is 11.5 Å². The molecule has 6 nitrogen and oxygen atoms in total. The van der Waals surface area contributed by atoms with Gasteiger partial charge in [0.25, 0.3) is 0 Å². The molecule has 148 valence electrons. The molecule has 28 heavy (non-hydrogen) atoms. The molecule has 0 fully saturated rings. The second-order valence-electron chi connectivity index (χ2n) is 5.12. The molecule has 0 aliphatic carbocycles. The van der Waals surface area contributed by atoms with Gasteiger partial charge in [-0.2, -0.15) is 8.42 Å². The van der Waals surface area contributed by atoms with Crippen LogP contribution in [0.1, 0.15) is 13.8 Å². The molecule has 0 heterocycles. The van der Waals surface area contributed by atoms with E-state index >= 15 is 0 Å². The fourth-order valence-corrected chi connectivity index (χ4v) is 3.59. The Balaban J connectivity index is 0.00000392. The Morgan fingerprint density at radius 1 is 0.750 bits per heavy atom. The van der Waals surface area contributed by atoms with Crippen molar-refractivity contribution >= 4 is 56.8 Å². The maximum Gasteiger partial charge on any atom is 1.00 e. The van der Waals surface area contributed by atoms with E-state index in [4.69, 9.17) is 64.2 Å². The maximum absolute atomic E-state index is 12.0. The molecule has 0 aliphatic heterocycles. The third-order valence-electron chi connectivity index (χ3n) is 2.88. The molecule has 0 amide bonds. The number of rotatable bonds is 8. The van der Waals surface area contributed by atoms with Gasteiger partial charge in [0.05, 0.1) is 10.0 Å². The average molecular weight is 499 g/mol. The van der Waals surface area contributed by atoms with Crippen LogP contribution in [0.4, 0.5) is 0 Å². The van der Waals surface area contributed by atoms with Gasteiger partial charge in [-0.1, -0.05) is 46.4 Å². The Hall–Kier alpha value is 0.0700. The second kappa shape index (κ2) is 11.5. The van der Waals surface area contributed by atoms with E-state index in [9.17, 15) is 8.42 Å². The Kier molecular flexibility index (Phi) is 10.7. The third-order valence-corrected chi connectivity index (χ3v) is 4.95. The summed E-state index contributed by atoms with van der Waals surface area (Å²) in [5, 5.41) is 1.21. The quantitative estimate of drug-likeness (QED) is 0.411. The molecule has 0 saturated heterocycles. The van der Waals surface area contributed by atoms with E-state index in [0.29, 0.717) is 10.0 Å². The van der Waals surface area contributed by atoms with E-state index in [1.54, 1.807) is 0 Å². The fourth-order valence-electron chi connectivity index (χ4n) is 1.89. The summed E-state index contributed by atoms with van der Waals surface area (Å²) in [5.74, 6) is 0.391. The van der Waals surface area contributed by atoms with E-state index in [1.807, 2.05) is 0 Å². The predicted molar refractivity (Wildman–Crippen MR) is 104 cm³/mol. The van der Waals surface area contributed by atoms with E-state index in [0.717, 1.165) is 0 Å². The maximum atomic E-state index is 12.0. The van der Waals surface area contributed by atoms with E-state index in [2.05, 4.69) is 0 Å². The van der Waals surface area contributed by atoms with Crippen LogP contribution in [0.25, 0.3) is 0 Å². The summed E-state index contributed by atoms with van der Waals surface area (Å²) in [6.45, 7) is 2.71. The number of hydrogen-bond acceptors (Lipinski definition) is 6. The molecule has 0 spiro atoms. The van der Waals surface area contributed by atoms with Crippen molar-refractivity contribution in [2.75, 3.05) is 0 Å². The summed E-state index contributed by atoms with van der Waals surface area (Å²) in [7, 11) is -4.45. The van der Waals surface area contributed by atoms with Gasteiger partial charge in [0.15, 0.2) is 0 Å². The smallest absolute Gasteiger partial charge is 0.462 e. The number of halogens is 4. The van der Waals surface area contributed by atoms with Gasteiger partial charge in [0, 0.05) is 10.0 Å².